The summed E-state index contributed by atoms with van der Waals surface area (Å²) in [5.74, 6) is -0.274. The molecule has 0 unspecified atom stereocenters. The lowest BCUT2D eigenvalue weighted by Crippen LogP contribution is -2.51. The highest BCUT2D eigenvalue weighted by atomic mass is 19.4. The SMILES string of the molecule is [CH]c1ncccc1C(=O)c1cc(N2CCN[C@@H](CC(C)C)C2)ccc1C(F)(F)F. The predicted molar refractivity (Wildman–Crippen MR) is 106 cm³/mol. The summed E-state index contributed by atoms with van der Waals surface area (Å²) in [4.78, 5) is 18.8. The lowest BCUT2D eigenvalue weighted by Gasteiger charge is -2.36. The third-order valence-corrected chi connectivity index (χ3v) is 5.01. The van der Waals surface area contributed by atoms with Crippen LogP contribution in [0.2, 0.25) is 0 Å². The number of carbonyl (C=O) groups excluding carboxylic acids is 1. The number of benzene rings is 1. The van der Waals surface area contributed by atoms with Gasteiger partial charge in [0.1, 0.15) is 0 Å². The minimum Gasteiger partial charge on any atom is -0.369 e. The van der Waals surface area contributed by atoms with Gasteiger partial charge in [-0.2, -0.15) is 13.2 Å². The van der Waals surface area contributed by atoms with E-state index in [-0.39, 0.29) is 17.3 Å². The van der Waals surface area contributed by atoms with E-state index in [2.05, 4.69) is 24.1 Å². The molecule has 2 aromatic rings. The zero-order chi connectivity index (χ0) is 21.2. The Kier molecular flexibility index (Phi) is 6.27. The van der Waals surface area contributed by atoms with Crippen molar-refractivity contribution in [3.8, 4) is 0 Å². The van der Waals surface area contributed by atoms with Crippen molar-refractivity contribution < 1.29 is 18.0 Å². The average Bonchev–Trinajstić information content (AvgIpc) is 2.66. The molecular weight excluding hydrogens is 379 g/mol. The van der Waals surface area contributed by atoms with Crippen molar-refractivity contribution in [2.45, 2.75) is 32.5 Å². The molecule has 1 aliphatic heterocycles. The Hall–Kier alpha value is -2.41. The molecule has 0 spiro atoms. The number of pyridine rings is 1. The van der Waals surface area contributed by atoms with Crippen molar-refractivity contribution in [1.29, 1.82) is 0 Å². The lowest BCUT2D eigenvalue weighted by atomic mass is 9.95. The highest BCUT2D eigenvalue weighted by molar-refractivity contribution is 6.11. The molecule has 0 saturated carbocycles. The number of nitrogens with zero attached hydrogens (tertiary/aromatic N) is 2. The van der Waals surface area contributed by atoms with Crippen LogP contribution in [0.15, 0.2) is 36.5 Å². The number of rotatable bonds is 5. The van der Waals surface area contributed by atoms with E-state index in [0.717, 1.165) is 19.0 Å². The van der Waals surface area contributed by atoms with Crippen LogP contribution < -0.4 is 10.2 Å². The van der Waals surface area contributed by atoms with E-state index >= 15 is 0 Å². The van der Waals surface area contributed by atoms with Crippen LogP contribution in [0.1, 0.15) is 47.4 Å². The van der Waals surface area contributed by atoms with Crippen LogP contribution in [0.5, 0.6) is 0 Å². The fraction of sp³-hybridized carbons (Fsp3) is 0.409. The zero-order valence-electron chi connectivity index (χ0n) is 16.5. The van der Waals surface area contributed by atoms with Crippen LogP contribution in [0, 0.1) is 12.8 Å². The standard InChI is InChI=1S/C22H24F3N3O/c1-14(2)11-16-13-28(10-9-27-16)17-6-7-20(22(23,24)25)19(12-17)21(29)18-5-4-8-26-15(18)3/h3-8,12,14,16,27H,9-11,13H2,1-2H3/t16-/m0/s1. The number of halogens is 3. The molecule has 0 bridgehead atoms. The molecule has 0 amide bonds. The van der Waals surface area contributed by atoms with Gasteiger partial charge in [-0.15, -0.1) is 0 Å². The second kappa shape index (κ2) is 8.53. The van der Waals surface area contributed by atoms with Gasteiger partial charge < -0.3 is 10.2 Å². The van der Waals surface area contributed by atoms with E-state index in [1.165, 1.54) is 30.5 Å². The van der Waals surface area contributed by atoms with Crippen molar-refractivity contribution >= 4 is 11.5 Å². The fourth-order valence-corrected chi connectivity index (χ4v) is 3.71. The van der Waals surface area contributed by atoms with Gasteiger partial charge in [0, 0.05) is 55.6 Å². The zero-order valence-corrected chi connectivity index (χ0v) is 16.5. The first kappa shape index (κ1) is 21.3. The molecule has 1 aliphatic rings. The molecule has 0 aliphatic carbocycles. The van der Waals surface area contributed by atoms with Crippen molar-refractivity contribution in [3.63, 3.8) is 0 Å². The summed E-state index contributed by atoms with van der Waals surface area (Å²) in [7, 11) is 0. The number of aromatic nitrogens is 1. The van der Waals surface area contributed by atoms with E-state index < -0.39 is 23.1 Å². The van der Waals surface area contributed by atoms with E-state index in [0.29, 0.717) is 24.7 Å². The number of ketones is 1. The lowest BCUT2D eigenvalue weighted by molar-refractivity contribution is -0.137. The minimum absolute atomic E-state index is 0.0341. The first-order valence-electron chi connectivity index (χ1n) is 9.61. The van der Waals surface area contributed by atoms with Gasteiger partial charge in [-0.25, -0.2) is 0 Å². The van der Waals surface area contributed by atoms with Gasteiger partial charge in [-0.3, -0.25) is 9.78 Å². The summed E-state index contributed by atoms with van der Waals surface area (Å²) < 4.78 is 40.7. The van der Waals surface area contributed by atoms with Gasteiger partial charge in [0.25, 0.3) is 0 Å². The van der Waals surface area contributed by atoms with E-state index in [9.17, 15) is 18.0 Å². The number of carbonyl (C=O) groups is 1. The Morgan fingerprint density at radius 2 is 2.07 bits per heavy atom. The molecule has 1 fully saturated rings. The Morgan fingerprint density at radius 3 is 2.72 bits per heavy atom. The van der Waals surface area contributed by atoms with Crippen molar-refractivity contribution in [2.75, 3.05) is 24.5 Å². The number of alkyl halides is 3. The maximum atomic E-state index is 13.6. The van der Waals surface area contributed by atoms with Crippen molar-refractivity contribution in [3.05, 3.63) is 65.8 Å². The summed E-state index contributed by atoms with van der Waals surface area (Å²) in [5.41, 5.74) is -0.903. The molecule has 1 N–H and O–H groups in total. The summed E-state index contributed by atoms with van der Waals surface area (Å²) in [6.45, 7) is 12.1. The Balaban J connectivity index is 1.98. The van der Waals surface area contributed by atoms with Crippen LogP contribution in [0.3, 0.4) is 0 Å². The van der Waals surface area contributed by atoms with Crippen LogP contribution >= 0.6 is 0 Å². The normalized spacial score (nSPS) is 17.6. The molecule has 2 heterocycles. The largest absolute Gasteiger partial charge is 0.417 e. The molecule has 7 heteroatoms. The van der Waals surface area contributed by atoms with Gasteiger partial charge in [0.2, 0.25) is 0 Å². The van der Waals surface area contributed by atoms with Gasteiger partial charge in [0.15, 0.2) is 5.78 Å². The highest BCUT2D eigenvalue weighted by Gasteiger charge is 2.36. The summed E-state index contributed by atoms with van der Waals surface area (Å²) in [5, 5.41) is 3.44. The molecule has 1 saturated heterocycles. The second-order valence-electron chi connectivity index (χ2n) is 7.72. The highest BCUT2D eigenvalue weighted by Crippen LogP contribution is 2.35. The average molecular weight is 403 g/mol. The van der Waals surface area contributed by atoms with Crippen LogP contribution in [0.4, 0.5) is 18.9 Å². The topological polar surface area (TPSA) is 45.2 Å². The molecule has 154 valence electrons. The number of piperazine rings is 1. The monoisotopic (exact) mass is 403 g/mol. The number of hydrogen-bond donors (Lipinski definition) is 1. The molecule has 3 rings (SSSR count). The fourth-order valence-electron chi connectivity index (χ4n) is 3.71. The summed E-state index contributed by atoms with van der Waals surface area (Å²) in [6.07, 6.45) is -2.29. The second-order valence-corrected chi connectivity index (χ2v) is 7.72. The smallest absolute Gasteiger partial charge is 0.369 e. The Labute approximate surface area is 169 Å². The quantitative estimate of drug-likeness (QED) is 0.760. The first-order chi connectivity index (χ1) is 13.7. The van der Waals surface area contributed by atoms with Gasteiger partial charge in [-0.05, 0) is 42.7 Å². The number of anilines is 1. The minimum atomic E-state index is -4.65. The van der Waals surface area contributed by atoms with Crippen molar-refractivity contribution in [1.82, 2.24) is 10.3 Å². The Bertz CT molecular complexity index is 880. The van der Waals surface area contributed by atoms with Gasteiger partial charge in [0.05, 0.1) is 11.3 Å². The van der Waals surface area contributed by atoms with Crippen LogP contribution in [-0.2, 0) is 6.18 Å². The first-order valence-corrected chi connectivity index (χ1v) is 9.61. The molecule has 2 radical (unpaired) electrons. The Morgan fingerprint density at radius 1 is 1.31 bits per heavy atom. The molecule has 1 atom stereocenters. The van der Waals surface area contributed by atoms with Crippen LogP contribution in [-0.4, -0.2) is 36.4 Å². The molecule has 1 aromatic heterocycles. The van der Waals surface area contributed by atoms with Gasteiger partial charge in [-0.1, -0.05) is 13.8 Å². The number of hydrogen-bond acceptors (Lipinski definition) is 4. The van der Waals surface area contributed by atoms with Crippen LogP contribution in [0.25, 0.3) is 0 Å². The summed E-state index contributed by atoms with van der Waals surface area (Å²) >= 11 is 0. The third kappa shape index (κ3) is 4.96. The molecular formula is C22H24F3N3O. The third-order valence-electron chi connectivity index (χ3n) is 5.01. The molecule has 29 heavy (non-hydrogen) atoms. The molecule has 4 nitrogen and oxygen atoms in total. The molecule has 1 aromatic carbocycles. The maximum Gasteiger partial charge on any atom is 0.417 e. The van der Waals surface area contributed by atoms with E-state index in [4.69, 9.17) is 6.92 Å². The number of nitrogens with one attached hydrogen (secondary N) is 1. The summed E-state index contributed by atoms with van der Waals surface area (Å²) in [6, 6.07) is 6.86. The van der Waals surface area contributed by atoms with E-state index in [1.54, 1.807) is 0 Å². The predicted octanol–water partition coefficient (Wildman–Crippen LogP) is 4.21. The maximum absolute atomic E-state index is 13.6. The van der Waals surface area contributed by atoms with Gasteiger partial charge >= 0.3 is 6.18 Å². The van der Waals surface area contributed by atoms with Crippen molar-refractivity contribution in [2.24, 2.45) is 5.92 Å². The van der Waals surface area contributed by atoms with E-state index in [1.807, 2.05) is 4.90 Å².